The van der Waals surface area contributed by atoms with Gasteiger partial charge in [-0.3, -0.25) is 0 Å². The first-order valence-corrected chi connectivity index (χ1v) is 4.98. The standard InChI is InChI=1S/C8H8Se/c1-6-5-7-3-2-4-8(7)9-6/h2-6H,1H3. The van der Waals surface area contributed by atoms with Gasteiger partial charge in [0.15, 0.2) is 0 Å². The molecule has 1 atom stereocenters. The molecule has 0 spiro atoms. The van der Waals surface area contributed by atoms with Crippen molar-refractivity contribution < 1.29 is 0 Å². The van der Waals surface area contributed by atoms with Gasteiger partial charge in [-0.25, -0.2) is 0 Å². The molecule has 1 aliphatic carbocycles. The molecule has 1 heterocycles. The number of hydrogen-bond acceptors (Lipinski definition) is 0. The van der Waals surface area contributed by atoms with Gasteiger partial charge in [0.25, 0.3) is 0 Å². The Labute approximate surface area is 61.5 Å². The first kappa shape index (κ1) is 5.52. The van der Waals surface area contributed by atoms with Crippen LogP contribution < -0.4 is 0 Å². The van der Waals surface area contributed by atoms with E-state index in [4.69, 9.17) is 0 Å². The third-order valence-electron chi connectivity index (χ3n) is 1.54. The summed E-state index contributed by atoms with van der Waals surface area (Å²) in [5, 5.41) is 0. The summed E-state index contributed by atoms with van der Waals surface area (Å²) in [7, 11) is 0. The molecule has 0 aromatic rings. The summed E-state index contributed by atoms with van der Waals surface area (Å²) in [6.07, 6.45) is 8.97. The van der Waals surface area contributed by atoms with Crippen molar-refractivity contribution in [3.05, 3.63) is 34.3 Å². The monoisotopic (exact) mass is 184 g/mol. The van der Waals surface area contributed by atoms with Crippen molar-refractivity contribution in [2.75, 3.05) is 0 Å². The van der Waals surface area contributed by atoms with Gasteiger partial charge in [-0.2, -0.15) is 0 Å². The van der Waals surface area contributed by atoms with Crippen molar-refractivity contribution in [2.45, 2.75) is 11.7 Å². The fourth-order valence-electron chi connectivity index (χ4n) is 1.15. The van der Waals surface area contributed by atoms with Gasteiger partial charge in [0.2, 0.25) is 0 Å². The molecular formula is C8H8Se. The third-order valence-corrected chi connectivity index (χ3v) is 3.91. The predicted octanol–water partition coefficient (Wildman–Crippen LogP) is 1.89. The van der Waals surface area contributed by atoms with Crippen LogP contribution in [0.25, 0.3) is 0 Å². The van der Waals surface area contributed by atoms with Crippen molar-refractivity contribution in [3.63, 3.8) is 0 Å². The molecule has 0 nitrogen and oxygen atoms in total. The van der Waals surface area contributed by atoms with E-state index in [1.807, 2.05) is 0 Å². The summed E-state index contributed by atoms with van der Waals surface area (Å²) in [6.45, 7) is 2.29. The van der Waals surface area contributed by atoms with Gasteiger partial charge in [-0.05, 0) is 0 Å². The molecule has 1 aliphatic heterocycles. The van der Waals surface area contributed by atoms with E-state index in [-0.39, 0.29) is 0 Å². The second-order valence-corrected chi connectivity index (χ2v) is 5.31. The summed E-state index contributed by atoms with van der Waals surface area (Å²) in [5.74, 6) is 0. The SMILES string of the molecule is CC1C=C2C=CC=C2[Se]1. The van der Waals surface area contributed by atoms with E-state index in [9.17, 15) is 0 Å². The Morgan fingerprint density at radius 3 is 3.22 bits per heavy atom. The first-order valence-electron chi connectivity index (χ1n) is 3.13. The Morgan fingerprint density at radius 2 is 2.44 bits per heavy atom. The second-order valence-electron chi connectivity index (χ2n) is 2.34. The van der Waals surface area contributed by atoms with Crippen molar-refractivity contribution in [1.82, 2.24) is 0 Å². The average molecular weight is 183 g/mol. The molecular weight excluding hydrogens is 175 g/mol. The molecule has 0 saturated heterocycles. The third kappa shape index (κ3) is 0.810. The van der Waals surface area contributed by atoms with Crippen LogP contribution in [0.1, 0.15) is 6.92 Å². The fourth-order valence-corrected chi connectivity index (χ4v) is 3.34. The van der Waals surface area contributed by atoms with Crippen LogP contribution in [0.15, 0.2) is 34.3 Å². The van der Waals surface area contributed by atoms with Gasteiger partial charge in [-0.1, -0.05) is 0 Å². The summed E-state index contributed by atoms with van der Waals surface area (Å²) in [4.78, 5) is 0.837. The summed E-state index contributed by atoms with van der Waals surface area (Å²) >= 11 is 0.735. The van der Waals surface area contributed by atoms with Crippen LogP contribution in [0, 0.1) is 0 Å². The molecule has 46 valence electrons. The van der Waals surface area contributed by atoms with Gasteiger partial charge < -0.3 is 0 Å². The van der Waals surface area contributed by atoms with Crippen molar-refractivity contribution in [2.24, 2.45) is 0 Å². The molecule has 1 unspecified atom stereocenters. The van der Waals surface area contributed by atoms with Crippen LogP contribution in [-0.2, 0) is 0 Å². The molecule has 0 N–H and O–H groups in total. The van der Waals surface area contributed by atoms with Crippen LogP contribution in [0.4, 0.5) is 0 Å². The minimum atomic E-state index is 0.735. The fraction of sp³-hybridized carbons (Fsp3) is 0.250. The zero-order valence-electron chi connectivity index (χ0n) is 5.29. The van der Waals surface area contributed by atoms with Gasteiger partial charge in [0, 0.05) is 0 Å². The Kier molecular flexibility index (Phi) is 1.14. The first-order chi connectivity index (χ1) is 4.36. The molecule has 0 amide bonds. The normalized spacial score (nSPS) is 30.1. The molecule has 0 aromatic carbocycles. The molecule has 0 fully saturated rings. The zero-order valence-corrected chi connectivity index (χ0v) is 7.01. The Bertz CT molecular complexity index is 221. The molecule has 2 rings (SSSR count). The maximum absolute atomic E-state index is 2.37. The molecule has 2 aliphatic rings. The van der Waals surface area contributed by atoms with Crippen LogP contribution in [0.5, 0.6) is 0 Å². The molecule has 1 heteroatoms. The van der Waals surface area contributed by atoms with Crippen molar-refractivity contribution >= 4 is 15.0 Å². The quantitative estimate of drug-likeness (QED) is 0.503. The zero-order chi connectivity index (χ0) is 6.27. The number of allylic oxidation sites excluding steroid dienone is 6. The van der Waals surface area contributed by atoms with Crippen LogP contribution in [0.3, 0.4) is 0 Å². The topological polar surface area (TPSA) is 0 Å². The van der Waals surface area contributed by atoms with E-state index in [1.165, 1.54) is 5.57 Å². The average Bonchev–Trinajstić information content (AvgIpc) is 2.22. The maximum atomic E-state index is 2.37. The van der Waals surface area contributed by atoms with E-state index >= 15 is 0 Å². The molecule has 0 bridgehead atoms. The van der Waals surface area contributed by atoms with E-state index in [0.29, 0.717) is 0 Å². The van der Waals surface area contributed by atoms with Gasteiger partial charge in [0.1, 0.15) is 0 Å². The minimum absolute atomic E-state index is 0.735. The van der Waals surface area contributed by atoms with E-state index in [1.54, 1.807) is 4.47 Å². The van der Waals surface area contributed by atoms with Crippen molar-refractivity contribution in [1.29, 1.82) is 0 Å². The molecule has 9 heavy (non-hydrogen) atoms. The van der Waals surface area contributed by atoms with E-state index in [2.05, 4.69) is 31.2 Å². The summed E-state index contributed by atoms with van der Waals surface area (Å²) in [6, 6.07) is 0. The number of fused-ring (bicyclic) bond motifs is 1. The predicted molar refractivity (Wildman–Crippen MR) is 40.5 cm³/mol. The van der Waals surface area contributed by atoms with Crippen LogP contribution in [-0.4, -0.2) is 15.0 Å². The van der Waals surface area contributed by atoms with Crippen LogP contribution in [0.2, 0.25) is 4.82 Å². The van der Waals surface area contributed by atoms with Crippen molar-refractivity contribution in [3.8, 4) is 0 Å². The van der Waals surface area contributed by atoms with Crippen LogP contribution >= 0.6 is 0 Å². The van der Waals surface area contributed by atoms with E-state index < -0.39 is 0 Å². The summed E-state index contributed by atoms with van der Waals surface area (Å²) in [5.41, 5.74) is 1.49. The van der Waals surface area contributed by atoms with Gasteiger partial charge in [-0.15, -0.1) is 0 Å². The Morgan fingerprint density at radius 1 is 1.56 bits per heavy atom. The van der Waals surface area contributed by atoms with Gasteiger partial charge >= 0.3 is 61.0 Å². The molecule has 0 radical (unpaired) electrons. The summed E-state index contributed by atoms with van der Waals surface area (Å²) < 4.78 is 1.59. The van der Waals surface area contributed by atoms with E-state index in [0.717, 1.165) is 19.8 Å². The van der Waals surface area contributed by atoms with Gasteiger partial charge in [0.05, 0.1) is 0 Å². The number of rotatable bonds is 0. The second kappa shape index (κ2) is 1.86. The molecule has 0 aromatic heterocycles. The molecule has 0 saturated carbocycles. The Balaban J connectivity index is 2.40. The number of hydrogen-bond donors (Lipinski definition) is 0. The Hall–Kier alpha value is -0.261.